The van der Waals surface area contributed by atoms with Gasteiger partial charge in [-0.25, -0.2) is 0 Å². The third kappa shape index (κ3) is 4.85. The van der Waals surface area contributed by atoms with Crippen LogP contribution in [-0.2, 0) is 9.59 Å². The van der Waals surface area contributed by atoms with Gasteiger partial charge >= 0.3 is 0 Å². The van der Waals surface area contributed by atoms with E-state index in [-0.39, 0.29) is 17.7 Å². The van der Waals surface area contributed by atoms with Crippen molar-refractivity contribution in [2.75, 3.05) is 39.0 Å². The molecule has 1 aliphatic heterocycles. The van der Waals surface area contributed by atoms with E-state index in [1.807, 2.05) is 19.0 Å². The summed E-state index contributed by atoms with van der Waals surface area (Å²) in [4.78, 5) is 29.0. The lowest BCUT2D eigenvalue weighted by Gasteiger charge is -2.22. The Hall–Kier alpha value is -1.88. The van der Waals surface area contributed by atoms with Crippen molar-refractivity contribution in [2.24, 2.45) is 5.92 Å². The molecule has 1 aromatic rings. The zero-order chi connectivity index (χ0) is 19.4. The highest BCUT2D eigenvalue weighted by molar-refractivity contribution is 5.98. The number of nitrogens with zero attached hydrogens (tertiary/aromatic N) is 2. The zero-order valence-electron chi connectivity index (χ0n) is 17.0. The average Bonchev–Trinajstić information content (AvgIpc) is 2.93. The van der Waals surface area contributed by atoms with Gasteiger partial charge in [0.2, 0.25) is 11.8 Å². The van der Waals surface area contributed by atoms with Gasteiger partial charge in [-0.2, -0.15) is 0 Å². The van der Waals surface area contributed by atoms with Gasteiger partial charge in [0, 0.05) is 31.7 Å². The molecule has 5 nitrogen and oxygen atoms in total. The maximum Gasteiger partial charge on any atom is 0.229 e. The van der Waals surface area contributed by atoms with Gasteiger partial charge in [-0.1, -0.05) is 45.9 Å². The predicted octanol–water partition coefficient (Wildman–Crippen LogP) is 3.28. The van der Waals surface area contributed by atoms with E-state index in [1.54, 1.807) is 0 Å². The van der Waals surface area contributed by atoms with Crippen LogP contribution in [0.3, 0.4) is 0 Å². The van der Waals surface area contributed by atoms with Crippen LogP contribution in [0, 0.1) is 5.92 Å². The molecule has 1 aliphatic rings. The number of rotatable bonds is 7. The molecule has 144 valence electrons. The number of amides is 2. The van der Waals surface area contributed by atoms with Crippen LogP contribution in [0.4, 0.5) is 5.69 Å². The van der Waals surface area contributed by atoms with Crippen LogP contribution < -0.4 is 5.32 Å². The molecule has 0 radical (unpaired) electrons. The highest BCUT2D eigenvalue weighted by Crippen LogP contribution is 2.33. The Morgan fingerprint density at radius 1 is 1.19 bits per heavy atom. The third-order valence-electron chi connectivity index (χ3n) is 5.02. The summed E-state index contributed by atoms with van der Waals surface area (Å²) >= 11 is 0. The van der Waals surface area contributed by atoms with Crippen molar-refractivity contribution in [3.8, 4) is 0 Å². The Morgan fingerprint density at radius 2 is 1.77 bits per heavy atom. The highest BCUT2D eigenvalue weighted by atomic mass is 16.2. The van der Waals surface area contributed by atoms with E-state index in [2.05, 4.69) is 56.1 Å². The van der Waals surface area contributed by atoms with Crippen molar-refractivity contribution >= 4 is 17.5 Å². The fourth-order valence-corrected chi connectivity index (χ4v) is 3.41. The lowest BCUT2D eigenvalue weighted by molar-refractivity contribution is -0.128. The van der Waals surface area contributed by atoms with E-state index >= 15 is 0 Å². The van der Waals surface area contributed by atoms with Crippen molar-refractivity contribution in [3.63, 3.8) is 0 Å². The van der Waals surface area contributed by atoms with E-state index in [0.717, 1.165) is 23.4 Å². The molecule has 26 heavy (non-hydrogen) atoms. The SMILES string of the molecule is CC(C)c1cccc(C(C)C)c1NC(=O)C1CC(=O)N(CCN(C)C)C1. The molecular weight excluding hydrogens is 326 g/mol. The minimum atomic E-state index is -0.273. The van der Waals surface area contributed by atoms with Crippen LogP contribution in [0.15, 0.2) is 18.2 Å². The van der Waals surface area contributed by atoms with Gasteiger partial charge in [0.25, 0.3) is 0 Å². The van der Waals surface area contributed by atoms with Gasteiger partial charge in [-0.3, -0.25) is 9.59 Å². The number of nitrogens with one attached hydrogen (secondary N) is 1. The minimum absolute atomic E-state index is 0.0410. The molecule has 1 fully saturated rings. The van der Waals surface area contributed by atoms with E-state index in [1.165, 1.54) is 0 Å². The first-order valence-corrected chi connectivity index (χ1v) is 9.56. The molecule has 0 aliphatic carbocycles. The first-order chi connectivity index (χ1) is 12.2. The van der Waals surface area contributed by atoms with E-state index in [0.29, 0.717) is 31.3 Å². The average molecular weight is 360 g/mol. The number of anilines is 1. The molecule has 1 unspecified atom stereocenters. The van der Waals surface area contributed by atoms with Crippen molar-refractivity contribution in [1.29, 1.82) is 0 Å². The fourth-order valence-electron chi connectivity index (χ4n) is 3.41. The summed E-state index contributed by atoms with van der Waals surface area (Å²) in [5.74, 6) is 0.412. The normalized spacial score (nSPS) is 17.7. The maximum absolute atomic E-state index is 12.9. The number of hydrogen-bond acceptors (Lipinski definition) is 3. The Morgan fingerprint density at radius 3 is 2.27 bits per heavy atom. The number of carbonyl (C=O) groups excluding carboxylic acids is 2. The van der Waals surface area contributed by atoms with Crippen molar-refractivity contribution in [2.45, 2.75) is 46.0 Å². The standard InChI is InChI=1S/C21H33N3O2/c1-14(2)17-8-7-9-18(15(3)4)20(17)22-21(26)16-12-19(25)24(13-16)11-10-23(5)6/h7-9,14-16H,10-13H2,1-6H3,(H,22,26). The highest BCUT2D eigenvalue weighted by Gasteiger charge is 2.34. The molecule has 5 heteroatoms. The molecule has 2 rings (SSSR count). The summed E-state index contributed by atoms with van der Waals surface area (Å²) in [7, 11) is 3.97. The molecule has 1 N–H and O–H groups in total. The van der Waals surface area contributed by atoms with Crippen molar-refractivity contribution in [1.82, 2.24) is 9.80 Å². The molecule has 1 aromatic carbocycles. The lowest BCUT2D eigenvalue weighted by Crippen LogP contribution is -2.34. The second-order valence-electron chi connectivity index (χ2n) is 8.15. The minimum Gasteiger partial charge on any atom is -0.341 e. The second-order valence-corrected chi connectivity index (χ2v) is 8.15. The van der Waals surface area contributed by atoms with Crippen LogP contribution in [0.2, 0.25) is 0 Å². The topological polar surface area (TPSA) is 52.7 Å². The van der Waals surface area contributed by atoms with Crippen LogP contribution in [-0.4, -0.2) is 55.3 Å². The van der Waals surface area contributed by atoms with Crippen LogP contribution in [0.25, 0.3) is 0 Å². The Kier molecular flexibility index (Phi) is 6.81. The largest absolute Gasteiger partial charge is 0.341 e. The van der Waals surface area contributed by atoms with Gasteiger partial charge in [0.1, 0.15) is 0 Å². The predicted molar refractivity (Wildman–Crippen MR) is 106 cm³/mol. The van der Waals surface area contributed by atoms with Gasteiger partial charge in [0.05, 0.1) is 5.92 Å². The van der Waals surface area contributed by atoms with E-state index < -0.39 is 0 Å². The maximum atomic E-state index is 12.9. The van der Waals surface area contributed by atoms with E-state index in [4.69, 9.17) is 0 Å². The zero-order valence-corrected chi connectivity index (χ0v) is 17.0. The number of hydrogen-bond donors (Lipinski definition) is 1. The molecule has 1 atom stereocenters. The third-order valence-corrected chi connectivity index (χ3v) is 5.02. The smallest absolute Gasteiger partial charge is 0.229 e. The molecular formula is C21H33N3O2. The van der Waals surface area contributed by atoms with Crippen LogP contribution >= 0.6 is 0 Å². The number of para-hydroxylation sites is 1. The van der Waals surface area contributed by atoms with Gasteiger partial charge in [0.15, 0.2) is 0 Å². The quantitative estimate of drug-likeness (QED) is 0.813. The molecule has 2 amide bonds. The first-order valence-electron chi connectivity index (χ1n) is 9.56. The summed E-state index contributed by atoms with van der Waals surface area (Å²) in [6, 6.07) is 6.22. The summed E-state index contributed by atoms with van der Waals surface area (Å²) in [5, 5.41) is 3.16. The van der Waals surface area contributed by atoms with Crippen LogP contribution in [0.1, 0.15) is 57.1 Å². The van der Waals surface area contributed by atoms with Gasteiger partial charge in [-0.05, 0) is 37.1 Å². The Labute approximate surface area is 157 Å². The number of benzene rings is 1. The number of likely N-dealkylation sites (tertiary alicyclic amines) is 1. The molecule has 0 bridgehead atoms. The summed E-state index contributed by atoms with van der Waals surface area (Å²) in [5.41, 5.74) is 3.23. The molecule has 1 saturated heterocycles. The molecule has 0 aromatic heterocycles. The van der Waals surface area contributed by atoms with Crippen molar-refractivity contribution < 1.29 is 9.59 Å². The Bertz CT molecular complexity index is 626. The molecule has 1 heterocycles. The number of likely N-dealkylation sites (N-methyl/N-ethyl adjacent to an activating group) is 1. The van der Waals surface area contributed by atoms with Gasteiger partial charge < -0.3 is 15.1 Å². The summed E-state index contributed by atoms with van der Waals surface area (Å²) in [6.07, 6.45) is 0.306. The first kappa shape index (κ1) is 20.4. The van der Waals surface area contributed by atoms with Gasteiger partial charge in [-0.15, -0.1) is 0 Å². The lowest BCUT2D eigenvalue weighted by atomic mass is 9.92. The number of carbonyl (C=O) groups is 2. The summed E-state index contributed by atoms with van der Waals surface area (Å²) in [6.45, 7) is 10.5. The van der Waals surface area contributed by atoms with Crippen molar-refractivity contribution in [3.05, 3.63) is 29.3 Å². The van der Waals surface area contributed by atoms with E-state index in [9.17, 15) is 9.59 Å². The monoisotopic (exact) mass is 359 g/mol. The second kappa shape index (κ2) is 8.67. The Balaban J connectivity index is 2.14. The molecule has 0 spiro atoms. The molecule has 0 saturated carbocycles. The van der Waals surface area contributed by atoms with Crippen LogP contribution in [0.5, 0.6) is 0 Å². The summed E-state index contributed by atoms with van der Waals surface area (Å²) < 4.78 is 0. The fraction of sp³-hybridized carbons (Fsp3) is 0.619.